The normalized spacial score (nSPS) is 18.6. The van der Waals surface area contributed by atoms with Crippen molar-refractivity contribution < 1.29 is 4.79 Å². The van der Waals surface area contributed by atoms with Crippen LogP contribution in [0, 0.1) is 0 Å². The molecule has 0 bridgehead atoms. The number of likely N-dealkylation sites (N-methyl/N-ethyl adjacent to an activating group) is 1. The molecule has 1 N–H and O–H groups in total. The molecule has 1 saturated heterocycles. The molecule has 0 aromatic carbocycles. The third kappa shape index (κ3) is 2.42. The van der Waals surface area contributed by atoms with Gasteiger partial charge in [-0.25, -0.2) is 4.98 Å². The van der Waals surface area contributed by atoms with Gasteiger partial charge in [0.25, 0.3) is 0 Å². The van der Waals surface area contributed by atoms with Gasteiger partial charge in [0, 0.05) is 26.0 Å². The van der Waals surface area contributed by atoms with Crippen LogP contribution in [0.4, 0.5) is 5.95 Å². The number of carbonyl (C=O) groups excluding carboxylic acids is 1. The predicted molar refractivity (Wildman–Crippen MR) is 71.6 cm³/mol. The summed E-state index contributed by atoms with van der Waals surface area (Å²) in [5.41, 5.74) is 0. The van der Waals surface area contributed by atoms with Crippen LogP contribution in [0.2, 0.25) is 5.28 Å². The van der Waals surface area contributed by atoms with Crippen molar-refractivity contribution in [1.82, 2.24) is 29.4 Å². The molecule has 2 aromatic rings. The van der Waals surface area contributed by atoms with Crippen molar-refractivity contribution in [3.8, 4) is 5.95 Å². The van der Waals surface area contributed by atoms with Crippen LogP contribution >= 0.6 is 11.6 Å². The predicted octanol–water partition coefficient (Wildman–Crippen LogP) is 0.353. The first-order chi connectivity index (χ1) is 9.63. The van der Waals surface area contributed by atoms with E-state index >= 15 is 0 Å². The summed E-state index contributed by atoms with van der Waals surface area (Å²) in [5, 5.41) is 3.05. The molecule has 1 aliphatic heterocycles. The van der Waals surface area contributed by atoms with Gasteiger partial charge in [-0.15, -0.1) is 0 Å². The number of rotatable bonds is 3. The van der Waals surface area contributed by atoms with E-state index in [1.165, 1.54) is 0 Å². The monoisotopic (exact) mass is 293 g/mol. The summed E-state index contributed by atoms with van der Waals surface area (Å²) < 4.78 is 1.61. The summed E-state index contributed by atoms with van der Waals surface area (Å²) in [5.74, 6) is 0.650. The molecule has 1 fully saturated rings. The summed E-state index contributed by atoms with van der Waals surface area (Å²) >= 11 is 5.89. The van der Waals surface area contributed by atoms with Crippen LogP contribution in [0.5, 0.6) is 0 Å². The number of carbonyl (C=O) groups is 1. The number of hydrogen-bond acceptors (Lipinski definition) is 6. The second-order valence-electron chi connectivity index (χ2n) is 4.44. The zero-order valence-corrected chi connectivity index (χ0v) is 11.4. The molecule has 1 aliphatic rings. The van der Waals surface area contributed by atoms with Gasteiger partial charge in [0.1, 0.15) is 12.4 Å². The highest BCUT2D eigenvalue weighted by Gasteiger charge is 2.29. The standard InChI is InChI=1S/C11H12ClN7O/c1-18-4-2-7(8(18)20)14-10-15-9(12)16-11(17-10)19-5-3-13-6-19/h3,5-7H,2,4H2,1H3,(H,14,15,16,17). The van der Waals surface area contributed by atoms with E-state index in [1.807, 2.05) is 0 Å². The first kappa shape index (κ1) is 12.8. The Morgan fingerprint density at radius 2 is 2.25 bits per heavy atom. The third-order valence-corrected chi connectivity index (χ3v) is 3.23. The molecule has 1 atom stereocenters. The number of aromatic nitrogens is 5. The van der Waals surface area contributed by atoms with Gasteiger partial charge in [0.2, 0.25) is 23.1 Å². The number of hydrogen-bond donors (Lipinski definition) is 1. The fourth-order valence-corrected chi connectivity index (χ4v) is 2.16. The van der Waals surface area contributed by atoms with Gasteiger partial charge in [-0.1, -0.05) is 0 Å². The molecule has 0 spiro atoms. The van der Waals surface area contributed by atoms with Crippen molar-refractivity contribution in [1.29, 1.82) is 0 Å². The number of halogens is 1. The first-order valence-electron chi connectivity index (χ1n) is 6.05. The van der Waals surface area contributed by atoms with Crippen molar-refractivity contribution >= 4 is 23.5 Å². The molecule has 0 aliphatic carbocycles. The van der Waals surface area contributed by atoms with Crippen molar-refractivity contribution in [2.45, 2.75) is 12.5 Å². The largest absolute Gasteiger partial charge is 0.344 e. The lowest BCUT2D eigenvalue weighted by Gasteiger charge is -2.12. The van der Waals surface area contributed by atoms with Gasteiger partial charge >= 0.3 is 0 Å². The Morgan fingerprint density at radius 1 is 1.40 bits per heavy atom. The van der Waals surface area contributed by atoms with Crippen LogP contribution in [0.25, 0.3) is 5.95 Å². The van der Waals surface area contributed by atoms with Gasteiger partial charge < -0.3 is 10.2 Å². The highest BCUT2D eigenvalue weighted by atomic mass is 35.5. The van der Waals surface area contributed by atoms with Gasteiger partial charge in [-0.05, 0) is 18.0 Å². The lowest BCUT2D eigenvalue weighted by Crippen LogP contribution is -2.31. The van der Waals surface area contributed by atoms with E-state index in [4.69, 9.17) is 11.6 Å². The van der Waals surface area contributed by atoms with E-state index in [0.29, 0.717) is 18.9 Å². The molecule has 1 unspecified atom stereocenters. The Bertz CT molecular complexity index is 630. The maximum Gasteiger partial charge on any atom is 0.244 e. The number of imidazole rings is 1. The SMILES string of the molecule is CN1CCC(Nc2nc(Cl)nc(-n3ccnc3)n2)C1=O. The van der Waals surface area contributed by atoms with Gasteiger partial charge in [-0.3, -0.25) is 9.36 Å². The highest BCUT2D eigenvalue weighted by Crippen LogP contribution is 2.15. The second kappa shape index (κ2) is 5.04. The van der Waals surface area contributed by atoms with Gasteiger partial charge in [-0.2, -0.15) is 15.0 Å². The Labute approximate surface area is 119 Å². The third-order valence-electron chi connectivity index (χ3n) is 3.06. The molecule has 3 heterocycles. The Hall–Kier alpha value is -2.22. The van der Waals surface area contributed by atoms with Crippen LogP contribution in [0.3, 0.4) is 0 Å². The minimum absolute atomic E-state index is 0.0192. The van der Waals surface area contributed by atoms with E-state index in [-0.39, 0.29) is 23.2 Å². The average Bonchev–Trinajstić information content (AvgIpc) is 3.04. The zero-order chi connectivity index (χ0) is 14.1. The van der Waals surface area contributed by atoms with Crippen LogP contribution in [0.1, 0.15) is 6.42 Å². The Morgan fingerprint density at radius 3 is 2.90 bits per heavy atom. The summed E-state index contributed by atoms with van der Waals surface area (Å²) in [7, 11) is 1.77. The van der Waals surface area contributed by atoms with Crippen LogP contribution in [-0.4, -0.2) is 54.9 Å². The van der Waals surface area contributed by atoms with E-state index in [0.717, 1.165) is 0 Å². The molecule has 0 saturated carbocycles. The smallest absolute Gasteiger partial charge is 0.244 e. The van der Waals surface area contributed by atoms with Crippen molar-refractivity contribution in [2.24, 2.45) is 0 Å². The molecule has 8 nitrogen and oxygen atoms in total. The summed E-state index contributed by atoms with van der Waals surface area (Å²) in [6, 6.07) is -0.325. The van der Waals surface area contributed by atoms with Gasteiger partial charge in [0.15, 0.2) is 0 Å². The number of nitrogens with zero attached hydrogens (tertiary/aromatic N) is 6. The van der Waals surface area contributed by atoms with E-state index in [2.05, 4.69) is 25.3 Å². The number of likely N-dealkylation sites (tertiary alicyclic amines) is 1. The molecule has 1 amide bonds. The van der Waals surface area contributed by atoms with E-state index < -0.39 is 0 Å². The molecule has 20 heavy (non-hydrogen) atoms. The van der Waals surface area contributed by atoms with Crippen molar-refractivity contribution in [3.63, 3.8) is 0 Å². The molecule has 0 radical (unpaired) electrons. The molecule has 104 valence electrons. The minimum Gasteiger partial charge on any atom is -0.344 e. The maximum absolute atomic E-state index is 11.9. The van der Waals surface area contributed by atoms with Crippen LogP contribution in [-0.2, 0) is 4.79 Å². The first-order valence-corrected chi connectivity index (χ1v) is 6.43. The van der Waals surface area contributed by atoms with Crippen LogP contribution < -0.4 is 5.32 Å². The van der Waals surface area contributed by atoms with E-state index in [1.54, 1.807) is 35.2 Å². The fourth-order valence-electron chi connectivity index (χ4n) is 2.01. The highest BCUT2D eigenvalue weighted by molar-refractivity contribution is 6.28. The number of nitrogens with one attached hydrogen (secondary N) is 1. The maximum atomic E-state index is 11.9. The van der Waals surface area contributed by atoms with Crippen molar-refractivity contribution in [3.05, 3.63) is 24.0 Å². The molecular weight excluding hydrogens is 282 g/mol. The van der Waals surface area contributed by atoms with Gasteiger partial charge in [0.05, 0.1) is 0 Å². The van der Waals surface area contributed by atoms with Crippen molar-refractivity contribution in [2.75, 3.05) is 18.9 Å². The molecular formula is C11H12ClN7O. The summed E-state index contributed by atoms with van der Waals surface area (Å²) in [6.07, 6.45) is 5.58. The Kier molecular flexibility index (Phi) is 3.23. The fraction of sp³-hybridized carbons (Fsp3) is 0.364. The lowest BCUT2D eigenvalue weighted by atomic mass is 10.2. The second-order valence-corrected chi connectivity index (χ2v) is 4.78. The molecule has 2 aromatic heterocycles. The molecule has 9 heteroatoms. The number of anilines is 1. The lowest BCUT2D eigenvalue weighted by molar-refractivity contribution is -0.127. The quantitative estimate of drug-likeness (QED) is 0.878. The topological polar surface area (TPSA) is 88.8 Å². The molecule has 3 rings (SSSR count). The summed E-state index contributed by atoms with van der Waals surface area (Å²) in [4.78, 5) is 29.7. The average molecular weight is 294 g/mol. The minimum atomic E-state index is -0.325. The van der Waals surface area contributed by atoms with Crippen LogP contribution in [0.15, 0.2) is 18.7 Å². The Balaban J connectivity index is 1.85. The number of amides is 1. The van der Waals surface area contributed by atoms with E-state index in [9.17, 15) is 4.79 Å². The summed E-state index contributed by atoms with van der Waals surface area (Å²) in [6.45, 7) is 0.712. The zero-order valence-electron chi connectivity index (χ0n) is 10.7.